The van der Waals surface area contributed by atoms with Gasteiger partial charge < -0.3 is 14.8 Å². The maximum Gasteiger partial charge on any atom is 0.261 e. The Morgan fingerprint density at radius 2 is 2.07 bits per heavy atom. The summed E-state index contributed by atoms with van der Waals surface area (Å²) in [4.78, 5) is 33.4. The average molecular weight is 424 g/mol. The third-order valence-corrected chi connectivity index (χ3v) is 5.28. The highest BCUT2D eigenvalue weighted by Crippen LogP contribution is 2.36. The topological polar surface area (TPSA) is 95.3 Å². The Bertz CT molecular complexity index is 1350. The Balaban J connectivity index is 1.32. The van der Waals surface area contributed by atoms with Crippen molar-refractivity contribution in [1.29, 1.82) is 0 Å². The number of amides is 1. The molecule has 8 nitrogen and oxygen atoms in total. The number of aromatic nitrogens is 3. The lowest BCUT2D eigenvalue weighted by Crippen LogP contribution is -2.27. The molecule has 150 valence electrons. The lowest BCUT2D eigenvalue weighted by molar-refractivity contribution is -0.116. The van der Waals surface area contributed by atoms with Crippen LogP contribution >= 0.6 is 11.3 Å². The van der Waals surface area contributed by atoms with Crippen molar-refractivity contribution >= 4 is 33.3 Å². The third-order valence-electron chi connectivity index (χ3n) is 4.52. The van der Waals surface area contributed by atoms with Gasteiger partial charge >= 0.3 is 0 Å². The first-order valence-corrected chi connectivity index (χ1v) is 9.75. The molecule has 0 saturated heterocycles. The van der Waals surface area contributed by atoms with Crippen LogP contribution in [0.15, 0.2) is 52.9 Å². The SMILES string of the molecule is O=C(Cn1cnc2ccc(F)cc2c1=O)Nc1nc(-c2ccc3c(c2)OCO3)cs1. The molecule has 0 unspecified atom stereocenters. The quantitative estimate of drug-likeness (QED) is 0.541. The van der Waals surface area contributed by atoms with Crippen LogP contribution in [0.1, 0.15) is 0 Å². The molecule has 2 aromatic carbocycles. The van der Waals surface area contributed by atoms with Gasteiger partial charge in [0, 0.05) is 10.9 Å². The second-order valence-corrected chi connectivity index (χ2v) is 7.35. The molecular weight excluding hydrogens is 411 g/mol. The number of nitrogens with zero attached hydrogens (tertiary/aromatic N) is 3. The number of halogens is 1. The number of hydrogen-bond acceptors (Lipinski definition) is 7. The van der Waals surface area contributed by atoms with Gasteiger partial charge in [-0.15, -0.1) is 11.3 Å². The second kappa shape index (κ2) is 7.23. The second-order valence-electron chi connectivity index (χ2n) is 6.49. The zero-order valence-corrected chi connectivity index (χ0v) is 16.1. The van der Waals surface area contributed by atoms with Gasteiger partial charge in [0.2, 0.25) is 12.7 Å². The summed E-state index contributed by atoms with van der Waals surface area (Å²) in [5.41, 5.74) is 1.38. The number of benzene rings is 2. The van der Waals surface area contributed by atoms with Gasteiger partial charge in [-0.25, -0.2) is 14.4 Å². The maximum absolute atomic E-state index is 13.4. The van der Waals surface area contributed by atoms with Crippen molar-refractivity contribution in [2.24, 2.45) is 0 Å². The highest BCUT2D eigenvalue weighted by Gasteiger charge is 2.16. The Morgan fingerprint density at radius 3 is 2.97 bits per heavy atom. The number of rotatable bonds is 4. The number of carbonyl (C=O) groups excluding carboxylic acids is 1. The monoisotopic (exact) mass is 424 g/mol. The summed E-state index contributed by atoms with van der Waals surface area (Å²) in [6, 6.07) is 9.24. The van der Waals surface area contributed by atoms with Crippen LogP contribution in [0.25, 0.3) is 22.2 Å². The Labute approximate surface area is 172 Å². The minimum atomic E-state index is -0.539. The van der Waals surface area contributed by atoms with Crippen molar-refractivity contribution in [3.05, 3.63) is 64.3 Å². The molecule has 0 saturated carbocycles. The Hall–Kier alpha value is -3.79. The molecule has 0 bridgehead atoms. The van der Waals surface area contributed by atoms with E-state index in [-0.39, 0.29) is 18.7 Å². The summed E-state index contributed by atoms with van der Waals surface area (Å²) in [5, 5.41) is 4.98. The molecule has 0 atom stereocenters. The lowest BCUT2D eigenvalue weighted by atomic mass is 10.1. The molecule has 3 heterocycles. The van der Waals surface area contributed by atoms with Crippen LogP contribution in [0, 0.1) is 5.82 Å². The van der Waals surface area contributed by atoms with Crippen LogP contribution in [0.3, 0.4) is 0 Å². The van der Waals surface area contributed by atoms with E-state index in [4.69, 9.17) is 9.47 Å². The van der Waals surface area contributed by atoms with Crippen molar-refractivity contribution in [2.75, 3.05) is 12.1 Å². The number of thiazole rings is 1. The number of carbonyl (C=O) groups is 1. The van der Waals surface area contributed by atoms with Crippen molar-refractivity contribution in [3.63, 3.8) is 0 Å². The summed E-state index contributed by atoms with van der Waals surface area (Å²) in [7, 11) is 0. The molecule has 1 aliphatic heterocycles. The van der Waals surface area contributed by atoms with E-state index in [1.165, 1.54) is 29.8 Å². The fourth-order valence-electron chi connectivity index (χ4n) is 3.08. The summed E-state index contributed by atoms with van der Waals surface area (Å²) >= 11 is 1.26. The highest BCUT2D eigenvalue weighted by atomic mass is 32.1. The Kier molecular flexibility index (Phi) is 4.40. The lowest BCUT2D eigenvalue weighted by Gasteiger charge is -2.06. The van der Waals surface area contributed by atoms with Crippen LogP contribution in [-0.4, -0.2) is 27.2 Å². The van der Waals surface area contributed by atoms with Crippen LogP contribution in [0.4, 0.5) is 9.52 Å². The van der Waals surface area contributed by atoms with Crippen LogP contribution in [0.2, 0.25) is 0 Å². The summed E-state index contributed by atoms with van der Waals surface area (Å²) < 4.78 is 25.2. The van der Waals surface area contributed by atoms with Crippen molar-refractivity contribution in [1.82, 2.24) is 14.5 Å². The normalized spacial score (nSPS) is 12.3. The molecule has 0 fully saturated rings. The number of nitrogens with one attached hydrogen (secondary N) is 1. The number of hydrogen-bond donors (Lipinski definition) is 1. The maximum atomic E-state index is 13.4. The zero-order valence-electron chi connectivity index (χ0n) is 15.3. The Morgan fingerprint density at radius 1 is 1.20 bits per heavy atom. The van der Waals surface area contributed by atoms with Crippen molar-refractivity contribution in [3.8, 4) is 22.8 Å². The largest absolute Gasteiger partial charge is 0.454 e. The molecular formula is C20H13FN4O4S. The molecule has 5 rings (SSSR count). The fourth-order valence-corrected chi connectivity index (χ4v) is 3.81. The predicted molar refractivity (Wildman–Crippen MR) is 108 cm³/mol. The minimum absolute atomic E-state index is 0.115. The minimum Gasteiger partial charge on any atom is -0.454 e. The van der Waals surface area contributed by atoms with E-state index in [9.17, 15) is 14.0 Å². The third kappa shape index (κ3) is 3.37. The molecule has 4 aromatic rings. The molecule has 1 aliphatic rings. The highest BCUT2D eigenvalue weighted by molar-refractivity contribution is 7.14. The van der Waals surface area contributed by atoms with E-state index in [0.717, 1.165) is 16.2 Å². The van der Waals surface area contributed by atoms with Crippen LogP contribution in [0.5, 0.6) is 11.5 Å². The van der Waals surface area contributed by atoms with Gasteiger partial charge in [-0.2, -0.15) is 0 Å². The molecule has 0 aliphatic carbocycles. The van der Waals surface area contributed by atoms with Gasteiger partial charge in [0.15, 0.2) is 16.6 Å². The molecule has 0 radical (unpaired) electrons. The van der Waals surface area contributed by atoms with Gasteiger partial charge in [0.1, 0.15) is 12.4 Å². The van der Waals surface area contributed by atoms with Gasteiger partial charge in [-0.05, 0) is 36.4 Å². The van der Waals surface area contributed by atoms with Crippen molar-refractivity contribution < 1.29 is 18.7 Å². The predicted octanol–water partition coefficient (Wildman–Crippen LogP) is 3.03. The summed E-state index contributed by atoms with van der Waals surface area (Å²) in [6.45, 7) is -0.0793. The van der Waals surface area contributed by atoms with E-state index in [1.807, 2.05) is 12.1 Å². The molecule has 2 aromatic heterocycles. The first kappa shape index (κ1) is 18.3. The van der Waals surface area contributed by atoms with Gasteiger partial charge in [0.05, 0.1) is 22.9 Å². The first-order valence-electron chi connectivity index (χ1n) is 8.87. The van der Waals surface area contributed by atoms with E-state index < -0.39 is 17.3 Å². The van der Waals surface area contributed by atoms with Gasteiger partial charge in [0.25, 0.3) is 5.56 Å². The summed E-state index contributed by atoms with van der Waals surface area (Å²) in [5.74, 6) is 0.339. The van der Waals surface area contributed by atoms with E-state index >= 15 is 0 Å². The molecule has 1 N–H and O–H groups in total. The van der Waals surface area contributed by atoms with Crippen LogP contribution < -0.4 is 20.3 Å². The number of ether oxygens (including phenoxy) is 2. The van der Waals surface area contributed by atoms with E-state index in [0.29, 0.717) is 27.8 Å². The van der Waals surface area contributed by atoms with Gasteiger partial charge in [-0.1, -0.05) is 0 Å². The standard InChI is InChI=1S/C20H13FN4O4S/c21-12-2-3-14-13(6-12)19(27)25(9-22-14)7-18(26)24-20-23-15(8-30-20)11-1-4-16-17(5-11)29-10-28-16/h1-6,8-9H,7,10H2,(H,23,24,26). The number of fused-ring (bicyclic) bond motifs is 2. The van der Waals surface area contributed by atoms with Crippen molar-refractivity contribution in [2.45, 2.75) is 6.54 Å². The van der Waals surface area contributed by atoms with E-state index in [2.05, 4.69) is 15.3 Å². The smallest absolute Gasteiger partial charge is 0.261 e. The van der Waals surface area contributed by atoms with E-state index in [1.54, 1.807) is 11.4 Å². The molecule has 30 heavy (non-hydrogen) atoms. The molecule has 1 amide bonds. The number of anilines is 1. The first-order chi connectivity index (χ1) is 14.6. The fraction of sp³-hybridized carbons (Fsp3) is 0.100. The van der Waals surface area contributed by atoms with Gasteiger partial charge in [-0.3, -0.25) is 14.2 Å². The average Bonchev–Trinajstić information content (AvgIpc) is 3.39. The summed E-state index contributed by atoms with van der Waals surface area (Å²) in [6.07, 6.45) is 1.27. The van der Waals surface area contributed by atoms with Crippen LogP contribution in [-0.2, 0) is 11.3 Å². The molecule has 10 heteroatoms. The molecule has 0 spiro atoms. The zero-order chi connectivity index (χ0) is 20.7.